The van der Waals surface area contributed by atoms with Crippen LogP contribution < -0.4 is 4.74 Å². The minimum Gasteiger partial charge on any atom is -0.481 e. The predicted molar refractivity (Wildman–Crippen MR) is 93.4 cm³/mol. The molecule has 2 aromatic rings. The average Bonchev–Trinajstić information content (AvgIpc) is 3.09. The molecule has 1 N–H and O–H groups in total. The number of likely N-dealkylation sites (tertiary alicyclic amines) is 1. The lowest BCUT2D eigenvalue weighted by atomic mass is 9.89. The van der Waals surface area contributed by atoms with Gasteiger partial charge in [0.05, 0.1) is 5.92 Å². The molecule has 1 amide bonds. The van der Waals surface area contributed by atoms with Crippen LogP contribution in [0.2, 0.25) is 0 Å². The maximum absolute atomic E-state index is 13.7. The molecule has 0 bridgehead atoms. The third kappa shape index (κ3) is 3.69. The van der Waals surface area contributed by atoms with Gasteiger partial charge in [0.15, 0.2) is 17.7 Å². The van der Waals surface area contributed by atoms with Crippen LogP contribution in [0, 0.1) is 11.7 Å². The highest BCUT2D eigenvalue weighted by atomic mass is 19.1. The summed E-state index contributed by atoms with van der Waals surface area (Å²) in [5.41, 5.74) is 0.887. The average molecular weight is 357 g/mol. The number of nitrogens with zero attached hydrogens (tertiary/aromatic N) is 1. The van der Waals surface area contributed by atoms with Gasteiger partial charge in [-0.15, -0.1) is 0 Å². The summed E-state index contributed by atoms with van der Waals surface area (Å²) >= 11 is 0. The van der Waals surface area contributed by atoms with Crippen LogP contribution in [-0.4, -0.2) is 41.1 Å². The van der Waals surface area contributed by atoms with Crippen molar-refractivity contribution >= 4 is 11.9 Å². The highest BCUT2D eigenvalue weighted by Crippen LogP contribution is 2.33. The monoisotopic (exact) mass is 357 g/mol. The Morgan fingerprint density at radius 3 is 2.42 bits per heavy atom. The van der Waals surface area contributed by atoms with E-state index in [9.17, 15) is 19.1 Å². The second-order valence-corrected chi connectivity index (χ2v) is 6.40. The standard InChI is InChI=1S/C20H20FNO4/c1-13(26-18-10-6-5-9-17(18)21)19(23)22-11-15(16(12-22)20(24)25)14-7-3-2-4-8-14/h2-10,13,15-16H,11-12H2,1H3,(H,24,25). The number of para-hydroxylation sites is 1. The van der Waals surface area contributed by atoms with Crippen molar-refractivity contribution in [2.45, 2.75) is 18.9 Å². The summed E-state index contributed by atoms with van der Waals surface area (Å²) in [5.74, 6) is -2.78. The number of aliphatic carboxylic acids is 1. The molecular formula is C20H20FNO4. The number of amides is 1. The van der Waals surface area contributed by atoms with Crippen LogP contribution in [0.3, 0.4) is 0 Å². The zero-order valence-corrected chi connectivity index (χ0v) is 14.3. The van der Waals surface area contributed by atoms with Crippen molar-refractivity contribution in [3.8, 4) is 5.75 Å². The summed E-state index contributed by atoms with van der Waals surface area (Å²) < 4.78 is 19.2. The minimum absolute atomic E-state index is 0.00180. The Morgan fingerprint density at radius 2 is 1.77 bits per heavy atom. The van der Waals surface area contributed by atoms with E-state index < -0.39 is 23.8 Å². The van der Waals surface area contributed by atoms with Gasteiger partial charge < -0.3 is 14.7 Å². The van der Waals surface area contributed by atoms with Crippen molar-refractivity contribution in [1.29, 1.82) is 0 Å². The molecule has 1 fully saturated rings. The van der Waals surface area contributed by atoms with E-state index in [1.807, 2.05) is 30.3 Å². The fraction of sp³-hybridized carbons (Fsp3) is 0.300. The van der Waals surface area contributed by atoms with Gasteiger partial charge in [0.2, 0.25) is 0 Å². The van der Waals surface area contributed by atoms with Crippen LogP contribution in [-0.2, 0) is 9.59 Å². The number of halogens is 1. The third-order valence-corrected chi connectivity index (χ3v) is 4.66. The molecule has 6 heteroatoms. The molecular weight excluding hydrogens is 337 g/mol. The molecule has 3 atom stereocenters. The number of carbonyl (C=O) groups excluding carboxylic acids is 1. The van der Waals surface area contributed by atoms with E-state index in [2.05, 4.69) is 0 Å². The lowest BCUT2D eigenvalue weighted by Crippen LogP contribution is -2.39. The SMILES string of the molecule is CC(Oc1ccccc1F)C(=O)N1CC(C(=O)O)C(c2ccccc2)C1. The zero-order valence-electron chi connectivity index (χ0n) is 14.3. The van der Waals surface area contributed by atoms with Gasteiger partial charge in [-0.2, -0.15) is 0 Å². The molecule has 3 unspecified atom stereocenters. The molecule has 0 spiro atoms. The van der Waals surface area contributed by atoms with Gasteiger partial charge >= 0.3 is 5.97 Å². The van der Waals surface area contributed by atoms with E-state index in [0.717, 1.165) is 5.56 Å². The first-order valence-corrected chi connectivity index (χ1v) is 8.45. The summed E-state index contributed by atoms with van der Waals surface area (Å²) in [6.45, 7) is 1.95. The highest BCUT2D eigenvalue weighted by Gasteiger charge is 2.41. The lowest BCUT2D eigenvalue weighted by Gasteiger charge is -2.22. The largest absolute Gasteiger partial charge is 0.481 e. The Kier molecular flexibility index (Phi) is 5.21. The van der Waals surface area contributed by atoms with E-state index in [4.69, 9.17) is 4.74 Å². The van der Waals surface area contributed by atoms with Crippen molar-refractivity contribution in [3.63, 3.8) is 0 Å². The smallest absolute Gasteiger partial charge is 0.308 e. The van der Waals surface area contributed by atoms with Crippen LogP contribution in [0.4, 0.5) is 4.39 Å². The normalized spacial score (nSPS) is 20.6. The van der Waals surface area contributed by atoms with Crippen LogP contribution in [0.15, 0.2) is 54.6 Å². The second kappa shape index (κ2) is 7.56. The molecule has 0 aliphatic carbocycles. The number of ether oxygens (including phenoxy) is 1. The van der Waals surface area contributed by atoms with Gasteiger partial charge in [-0.25, -0.2) is 4.39 Å². The van der Waals surface area contributed by atoms with E-state index in [1.165, 1.54) is 23.1 Å². The van der Waals surface area contributed by atoms with Gasteiger partial charge in [-0.3, -0.25) is 9.59 Å². The number of benzene rings is 2. The fourth-order valence-corrected chi connectivity index (χ4v) is 3.31. The molecule has 0 saturated carbocycles. The molecule has 3 rings (SSSR count). The Hall–Kier alpha value is -2.89. The van der Waals surface area contributed by atoms with Crippen molar-refractivity contribution in [2.75, 3.05) is 13.1 Å². The summed E-state index contributed by atoms with van der Waals surface area (Å²) in [6.07, 6.45) is -0.907. The number of carbonyl (C=O) groups is 2. The molecule has 2 aromatic carbocycles. The van der Waals surface area contributed by atoms with E-state index in [-0.39, 0.29) is 24.1 Å². The topological polar surface area (TPSA) is 66.8 Å². The van der Waals surface area contributed by atoms with Crippen LogP contribution in [0.5, 0.6) is 5.75 Å². The molecule has 0 radical (unpaired) electrons. The Labute approximate surface area is 151 Å². The van der Waals surface area contributed by atoms with Crippen molar-refractivity contribution in [2.24, 2.45) is 5.92 Å². The molecule has 1 saturated heterocycles. The van der Waals surface area contributed by atoms with Gasteiger partial charge in [0.1, 0.15) is 0 Å². The Bertz CT molecular complexity index is 795. The van der Waals surface area contributed by atoms with Gasteiger partial charge in [-0.05, 0) is 24.6 Å². The summed E-state index contributed by atoms with van der Waals surface area (Å²) in [7, 11) is 0. The maximum atomic E-state index is 13.7. The van der Waals surface area contributed by atoms with Crippen molar-refractivity contribution < 1.29 is 23.8 Å². The number of rotatable bonds is 5. The van der Waals surface area contributed by atoms with Crippen LogP contribution in [0.25, 0.3) is 0 Å². The first-order chi connectivity index (χ1) is 12.5. The highest BCUT2D eigenvalue weighted by molar-refractivity contribution is 5.83. The molecule has 1 aliphatic rings. The number of hydrogen-bond acceptors (Lipinski definition) is 3. The molecule has 1 aliphatic heterocycles. The molecule has 5 nitrogen and oxygen atoms in total. The van der Waals surface area contributed by atoms with E-state index >= 15 is 0 Å². The quantitative estimate of drug-likeness (QED) is 0.893. The Balaban J connectivity index is 1.73. The molecule has 136 valence electrons. The van der Waals surface area contributed by atoms with Crippen molar-refractivity contribution in [1.82, 2.24) is 4.90 Å². The third-order valence-electron chi connectivity index (χ3n) is 4.66. The summed E-state index contributed by atoms with van der Waals surface area (Å²) in [6, 6.07) is 15.2. The van der Waals surface area contributed by atoms with Crippen LogP contribution in [0.1, 0.15) is 18.4 Å². The maximum Gasteiger partial charge on any atom is 0.308 e. The Morgan fingerprint density at radius 1 is 1.12 bits per heavy atom. The summed E-state index contributed by atoms with van der Waals surface area (Å²) in [5, 5.41) is 9.54. The lowest BCUT2D eigenvalue weighted by molar-refractivity contribution is -0.142. The van der Waals surface area contributed by atoms with Crippen molar-refractivity contribution in [3.05, 3.63) is 66.0 Å². The number of carboxylic acid groups (broad SMARTS) is 1. The van der Waals surface area contributed by atoms with Gasteiger partial charge in [0, 0.05) is 19.0 Å². The van der Waals surface area contributed by atoms with Gasteiger partial charge in [-0.1, -0.05) is 42.5 Å². The molecule has 0 aromatic heterocycles. The molecule has 26 heavy (non-hydrogen) atoms. The van der Waals surface area contributed by atoms with E-state index in [1.54, 1.807) is 13.0 Å². The van der Waals surface area contributed by atoms with Gasteiger partial charge in [0.25, 0.3) is 5.91 Å². The number of hydrogen-bond donors (Lipinski definition) is 1. The first-order valence-electron chi connectivity index (χ1n) is 8.45. The minimum atomic E-state index is -0.933. The first kappa shape index (κ1) is 17.9. The summed E-state index contributed by atoms with van der Waals surface area (Å²) in [4.78, 5) is 25.8. The fourth-order valence-electron chi connectivity index (χ4n) is 3.31. The predicted octanol–water partition coefficient (Wildman–Crippen LogP) is 2.92. The van der Waals surface area contributed by atoms with E-state index in [0.29, 0.717) is 6.54 Å². The van der Waals surface area contributed by atoms with Crippen LogP contribution >= 0.6 is 0 Å². The second-order valence-electron chi connectivity index (χ2n) is 6.40. The molecule has 1 heterocycles. The zero-order chi connectivity index (χ0) is 18.7. The number of carboxylic acids is 1.